The molecular weight excluding hydrogens is 504 g/mol. The Morgan fingerprint density at radius 2 is 1.85 bits per heavy atom. The average Bonchev–Trinajstić information content (AvgIpc) is 3.45. The predicted octanol–water partition coefficient (Wildman–Crippen LogP) is 5.81. The SMILES string of the molecule is Cc1nnn(C)c1-c1cnc2c3ccc(C(C)(C)NC(=O)O)cc3n([C@H](c3ccccc3)C3CCOCC3)c2c1. The van der Waals surface area contributed by atoms with Gasteiger partial charge in [-0.1, -0.05) is 47.7 Å². The molecule has 206 valence electrons. The van der Waals surface area contributed by atoms with E-state index < -0.39 is 11.6 Å². The highest BCUT2D eigenvalue weighted by Gasteiger charge is 2.31. The average molecular weight is 539 g/mol. The maximum absolute atomic E-state index is 11.6. The number of benzene rings is 2. The summed E-state index contributed by atoms with van der Waals surface area (Å²) in [5.74, 6) is 0.354. The number of nitrogens with zero attached hydrogens (tertiary/aromatic N) is 5. The Hall–Kier alpha value is -4.24. The Morgan fingerprint density at radius 1 is 1.10 bits per heavy atom. The molecule has 0 saturated carbocycles. The lowest BCUT2D eigenvalue weighted by molar-refractivity contribution is 0.0553. The summed E-state index contributed by atoms with van der Waals surface area (Å²) < 4.78 is 9.98. The van der Waals surface area contributed by atoms with Crippen LogP contribution in [0.5, 0.6) is 0 Å². The van der Waals surface area contributed by atoms with Crippen LogP contribution in [0.2, 0.25) is 0 Å². The van der Waals surface area contributed by atoms with Gasteiger partial charge in [-0.2, -0.15) is 0 Å². The van der Waals surface area contributed by atoms with Gasteiger partial charge in [-0.3, -0.25) is 4.98 Å². The van der Waals surface area contributed by atoms with E-state index >= 15 is 0 Å². The molecule has 2 N–H and O–H groups in total. The van der Waals surface area contributed by atoms with Gasteiger partial charge in [0, 0.05) is 37.4 Å². The molecule has 2 aromatic carbocycles. The van der Waals surface area contributed by atoms with Crippen molar-refractivity contribution in [2.75, 3.05) is 13.2 Å². The summed E-state index contributed by atoms with van der Waals surface area (Å²) in [7, 11) is 1.90. The van der Waals surface area contributed by atoms with E-state index in [0.717, 1.165) is 70.5 Å². The Balaban J connectivity index is 1.67. The second kappa shape index (κ2) is 10.1. The number of carboxylic acid groups (broad SMARTS) is 1. The van der Waals surface area contributed by atoms with Crippen molar-refractivity contribution in [3.63, 3.8) is 0 Å². The monoisotopic (exact) mass is 538 g/mol. The zero-order chi connectivity index (χ0) is 28.0. The van der Waals surface area contributed by atoms with Crippen molar-refractivity contribution in [1.82, 2.24) is 29.9 Å². The van der Waals surface area contributed by atoms with Crippen molar-refractivity contribution in [2.45, 2.75) is 45.2 Å². The van der Waals surface area contributed by atoms with Gasteiger partial charge in [-0.15, -0.1) is 5.10 Å². The lowest BCUT2D eigenvalue weighted by Gasteiger charge is -2.33. The molecule has 1 amide bonds. The highest BCUT2D eigenvalue weighted by Crippen LogP contribution is 2.42. The number of rotatable bonds is 6. The van der Waals surface area contributed by atoms with Crippen LogP contribution in [0.4, 0.5) is 4.79 Å². The van der Waals surface area contributed by atoms with Gasteiger partial charge in [-0.25, -0.2) is 9.48 Å². The molecule has 9 nitrogen and oxygen atoms in total. The molecule has 1 atom stereocenters. The van der Waals surface area contributed by atoms with Gasteiger partial charge in [-0.05, 0) is 62.8 Å². The fraction of sp³-hybridized carbons (Fsp3) is 0.355. The summed E-state index contributed by atoms with van der Waals surface area (Å²) in [4.78, 5) is 16.6. The van der Waals surface area contributed by atoms with Crippen LogP contribution >= 0.6 is 0 Å². The molecule has 4 heterocycles. The Labute approximate surface area is 232 Å². The lowest BCUT2D eigenvalue weighted by atomic mass is 9.86. The minimum absolute atomic E-state index is 0.0405. The highest BCUT2D eigenvalue weighted by atomic mass is 16.5. The minimum atomic E-state index is -1.05. The standard InChI is InChI=1S/C31H34N6O3/c1-19-28(36(4)35-34-19)22-16-26-27(32-18-22)24-11-10-23(31(2,3)33-30(38)39)17-25(24)37(26)29(20-8-6-5-7-9-20)21-12-14-40-15-13-21/h5-11,16-18,21,29,33H,12-15H2,1-4H3,(H,38,39)/t29-/m1/s1. The summed E-state index contributed by atoms with van der Waals surface area (Å²) in [6.07, 6.45) is 2.74. The van der Waals surface area contributed by atoms with Crippen LogP contribution in [0.3, 0.4) is 0 Å². The Morgan fingerprint density at radius 3 is 2.52 bits per heavy atom. The maximum atomic E-state index is 11.6. The Bertz CT molecular complexity index is 1680. The molecule has 0 aliphatic carbocycles. The van der Waals surface area contributed by atoms with E-state index in [-0.39, 0.29) is 6.04 Å². The lowest BCUT2D eigenvalue weighted by Crippen LogP contribution is -2.40. The maximum Gasteiger partial charge on any atom is 0.405 e. The molecule has 1 fully saturated rings. The fourth-order valence-electron chi connectivity index (χ4n) is 6.23. The van der Waals surface area contributed by atoms with E-state index in [1.807, 2.05) is 46.1 Å². The quantitative estimate of drug-likeness (QED) is 0.282. The van der Waals surface area contributed by atoms with E-state index in [1.54, 1.807) is 4.68 Å². The first-order valence-electron chi connectivity index (χ1n) is 13.7. The van der Waals surface area contributed by atoms with Crippen molar-refractivity contribution in [3.8, 4) is 11.3 Å². The van der Waals surface area contributed by atoms with E-state index in [9.17, 15) is 9.90 Å². The number of hydrogen-bond donors (Lipinski definition) is 2. The zero-order valence-corrected chi connectivity index (χ0v) is 23.3. The Kier molecular flexibility index (Phi) is 6.54. The van der Waals surface area contributed by atoms with Crippen molar-refractivity contribution >= 4 is 28.0 Å². The number of ether oxygens (including phenoxy) is 1. The van der Waals surface area contributed by atoms with Gasteiger partial charge in [0.1, 0.15) is 0 Å². The van der Waals surface area contributed by atoms with E-state index in [2.05, 4.69) is 62.7 Å². The third-order valence-corrected chi connectivity index (χ3v) is 8.18. The summed E-state index contributed by atoms with van der Waals surface area (Å²) in [6.45, 7) is 7.19. The first-order chi connectivity index (χ1) is 19.2. The van der Waals surface area contributed by atoms with Gasteiger partial charge in [0.25, 0.3) is 0 Å². The third-order valence-electron chi connectivity index (χ3n) is 8.18. The van der Waals surface area contributed by atoms with E-state index in [1.165, 1.54) is 5.56 Å². The van der Waals surface area contributed by atoms with Gasteiger partial charge >= 0.3 is 6.09 Å². The summed E-state index contributed by atoms with van der Waals surface area (Å²) in [6, 6.07) is 19.1. The molecule has 5 aromatic rings. The second-order valence-corrected chi connectivity index (χ2v) is 11.2. The molecule has 0 bridgehead atoms. The number of nitrogens with one attached hydrogen (secondary N) is 1. The van der Waals surface area contributed by atoms with E-state index in [0.29, 0.717) is 5.92 Å². The first kappa shape index (κ1) is 26.0. The van der Waals surface area contributed by atoms with Crippen LogP contribution in [0.15, 0.2) is 60.8 Å². The normalized spacial score (nSPS) is 15.5. The molecular formula is C31H34N6O3. The van der Waals surface area contributed by atoms with Crippen LogP contribution in [0, 0.1) is 12.8 Å². The summed E-state index contributed by atoms with van der Waals surface area (Å²) in [5, 5.41) is 21.7. The topological polar surface area (TPSA) is 107 Å². The van der Waals surface area contributed by atoms with Gasteiger partial charge < -0.3 is 19.7 Å². The van der Waals surface area contributed by atoms with Crippen LogP contribution in [-0.2, 0) is 17.3 Å². The number of amides is 1. The van der Waals surface area contributed by atoms with Crippen LogP contribution in [0.25, 0.3) is 33.2 Å². The van der Waals surface area contributed by atoms with Crippen LogP contribution in [0.1, 0.15) is 49.6 Å². The van der Waals surface area contributed by atoms with Crippen molar-refractivity contribution in [2.24, 2.45) is 13.0 Å². The van der Waals surface area contributed by atoms with Crippen LogP contribution < -0.4 is 5.32 Å². The smallest absolute Gasteiger partial charge is 0.405 e. The zero-order valence-electron chi connectivity index (χ0n) is 23.3. The molecule has 40 heavy (non-hydrogen) atoms. The number of aromatic nitrogens is 5. The molecule has 9 heteroatoms. The third kappa shape index (κ3) is 4.50. The number of carbonyl (C=O) groups is 1. The largest absolute Gasteiger partial charge is 0.465 e. The molecule has 0 radical (unpaired) electrons. The number of aryl methyl sites for hydroxylation is 2. The van der Waals surface area contributed by atoms with Crippen molar-refractivity contribution < 1.29 is 14.6 Å². The summed E-state index contributed by atoms with van der Waals surface area (Å²) in [5.41, 5.74) is 7.02. The molecule has 3 aromatic heterocycles. The molecule has 0 spiro atoms. The van der Waals surface area contributed by atoms with E-state index in [4.69, 9.17) is 9.72 Å². The van der Waals surface area contributed by atoms with Gasteiger partial charge in [0.15, 0.2) is 0 Å². The van der Waals surface area contributed by atoms with Crippen molar-refractivity contribution in [1.29, 1.82) is 0 Å². The fourth-order valence-corrected chi connectivity index (χ4v) is 6.23. The highest BCUT2D eigenvalue weighted by molar-refractivity contribution is 6.07. The first-order valence-corrected chi connectivity index (χ1v) is 13.7. The number of pyridine rings is 1. The van der Waals surface area contributed by atoms with Gasteiger partial charge in [0.2, 0.25) is 0 Å². The van der Waals surface area contributed by atoms with Crippen molar-refractivity contribution in [3.05, 3.63) is 77.6 Å². The second-order valence-electron chi connectivity index (χ2n) is 11.2. The molecule has 6 rings (SSSR count). The van der Waals surface area contributed by atoms with Crippen LogP contribution in [-0.4, -0.2) is 49.0 Å². The molecule has 1 saturated heterocycles. The number of hydrogen-bond acceptors (Lipinski definition) is 5. The molecule has 0 unspecified atom stereocenters. The van der Waals surface area contributed by atoms with Gasteiger partial charge in [0.05, 0.1) is 39.5 Å². The number of fused-ring (bicyclic) bond motifs is 3. The summed E-state index contributed by atoms with van der Waals surface area (Å²) >= 11 is 0. The minimum Gasteiger partial charge on any atom is -0.465 e. The molecule has 1 aliphatic heterocycles. The molecule has 1 aliphatic rings. The predicted molar refractivity (Wildman–Crippen MR) is 154 cm³/mol.